The minimum absolute atomic E-state index is 1.16. The van der Waals surface area contributed by atoms with Gasteiger partial charge in [-0.25, -0.2) is 0 Å². The molecule has 6 heteroatoms. The summed E-state index contributed by atoms with van der Waals surface area (Å²) in [6.07, 6.45) is 0. The molecule has 0 N–H and O–H groups in total. The summed E-state index contributed by atoms with van der Waals surface area (Å²) in [5.74, 6) is 0. The molecule has 476 valence electrons. The number of thiophene rings is 2. The lowest BCUT2D eigenvalue weighted by atomic mass is 10.0. The van der Waals surface area contributed by atoms with E-state index in [-0.39, 0.29) is 0 Å². The zero-order valence-corrected chi connectivity index (χ0v) is 56.9. The van der Waals surface area contributed by atoms with Crippen LogP contribution in [-0.2, 0) is 0 Å². The summed E-state index contributed by atoms with van der Waals surface area (Å²) >= 11 is 3.75. The maximum Gasteiger partial charge on any atom is 0.0547 e. The monoisotopic (exact) mass is 1330 g/mol. The van der Waals surface area contributed by atoms with Gasteiger partial charge in [-0.15, -0.1) is 22.7 Å². The molecule has 4 nitrogen and oxygen atoms in total. The zero-order valence-electron chi connectivity index (χ0n) is 55.2. The van der Waals surface area contributed by atoms with Crippen molar-refractivity contribution in [3.05, 3.63) is 364 Å². The second kappa shape index (κ2) is 23.4. The number of hydrogen-bond donors (Lipinski definition) is 0. The summed E-state index contributed by atoms with van der Waals surface area (Å²) in [6.45, 7) is 0. The molecule has 0 bridgehead atoms. The van der Waals surface area contributed by atoms with Gasteiger partial charge in [0, 0.05) is 106 Å². The minimum Gasteiger partial charge on any atom is -0.309 e. The highest BCUT2D eigenvalue weighted by molar-refractivity contribution is 7.26. The van der Waals surface area contributed by atoms with Gasteiger partial charge in [-0.3, -0.25) is 0 Å². The van der Waals surface area contributed by atoms with Gasteiger partial charge in [-0.2, -0.15) is 0 Å². The molecule has 0 fully saturated rings. The molecule has 0 saturated carbocycles. The van der Waals surface area contributed by atoms with Gasteiger partial charge < -0.3 is 18.3 Å². The molecular weight excluding hydrogens is 1270 g/mol. The van der Waals surface area contributed by atoms with E-state index in [9.17, 15) is 0 Å². The fraction of sp³-hybridized carbons (Fsp3) is 0. The third kappa shape index (κ3) is 9.27. The topological polar surface area (TPSA) is 19.7 Å². The van der Waals surface area contributed by atoms with Gasteiger partial charge >= 0.3 is 0 Å². The molecule has 22 rings (SSSR count). The van der Waals surface area contributed by atoms with Crippen LogP contribution < -0.4 is 0 Å². The van der Waals surface area contributed by atoms with E-state index in [4.69, 9.17) is 0 Å². The lowest BCUT2D eigenvalue weighted by Gasteiger charge is -2.11. The van der Waals surface area contributed by atoms with E-state index in [1.54, 1.807) is 0 Å². The quantitative estimate of drug-likeness (QED) is 0.144. The highest BCUT2D eigenvalue weighted by Gasteiger charge is 2.21. The Labute approximate surface area is 595 Å². The summed E-state index contributed by atoms with van der Waals surface area (Å²) in [5, 5.41) is 15.4. The SMILES string of the molecule is c1ccc(-n2c3ccccc3c3cc(-c4ccc5c6ccccc6n(-c6ccc(-c7ccc8c(c7)sc7ccccc78)cc6)c5c4)ccc32)cc1.c1ccc(-n2c3ccccc3c3cc(-c4ccc5c6ccccc6n(-c6ccc(-c7cccc8c7sc7ccccc78)cc6)c5c4)ccc32)cc1. The molecule has 0 spiro atoms. The molecule has 0 aliphatic carbocycles. The number of nitrogens with zero attached hydrogens (tertiary/aromatic N) is 4. The second-order valence-corrected chi connectivity index (χ2v) is 28.8. The van der Waals surface area contributed by atoms with Gasteiger partial charge in [0.1, 0.15) is 0 Å². The molecule has 0 saturated heterocycles. The fourth-order valence-electron chi connectivity index (χ4n) is 16.3. The minimum atomic E-state index is 1.16. The van der Waals surface area contributed by atoms with Crippen molar-refractivity contribution in [3.63, 3.8) is 0 Å². The zero-order chi connectivity index (χ0) is 66.9. The first kappa shape index (κ1) is 58.2. The summed E-state index contributed by atoms with van der Waals surface area (Å²) in [4.78, 5) is 0. The van der Waals surface area contributed by atoms with Crippen molar-refractivity contribution in [2.24, 2.45) is 0 Å². The largest absolute Gasteiger partial charge is 0.309 e. The standard InChI is InChI=1S/2C48H30N2S/c1-2-11-34(12-3-1)49-44-19-8-5-14-38(44)42-29-32(24-28-45(42)49)33-23-27-39-37-13-4-7-18-43(37)50(46(39)30-33)35-25-21-31(22-26-35)36-16-10-17-41-40-15-6-9-20-47(40)51-48(36)41;1-2-10-35(11-3-1)49-44-16-8-5-13-38(44)42-28-32(22-27-45(42)49)33-20-25-39-37-12-4-7-15-43(37)50(46(39)29-33)36-23-18-31(19-24-36)34-21-26-41-40-14-6-9-17-47(40)51-48(41)30-34/h2*1-30H. The predicted octanol–water partition coefficient (Wildman–Crippen LogP) is 27.2. The van der Waals surface area contributed by atoms with Crippen LogP contribution >= 0.6 is 22.7 Å². The lowest BCUT2D eigenvalue weighted by Crippen LogP contribution is -1.94. The Kier molecular flexibility index (Phi) is 13.3. The van der Waals surface area contributed by atoms with Crippen LogP contribution in [0.2, 0.25) is 0 Å². The molecule has 0 radical (unpaired) electrons. The highest BCUT2D eigenvalue weighted by Crippen LogP contribution is 2.45. The van der Waals surface area contributed by atoms with Gasteiger partial charge in [0.05, 0.1) is 44.1 Å². The van der Waals surface area contributed by atoms with Crippen LogP contribution in [-0.4, -0.2) is 18.3 Å². The Hall–Kier alpha value is -12.8. The average molecular weight is 1330 g/mol. The first-order valence-electron chi connectivity index (χ1n) is 34.9. The van der Waals surface area contributed by atoms with E-state index in [0.29, 0.717) is 0 Å². The molecule has 0 amide bonds. The van der Waals surface area contributed by atoms with Crippen LogP contribution in [0.3, 0.4) is 0 Å². The molecule has 0 aliphatic heterocycles. The molecule has 6 aromatic heterocycles. The summed E-state index contributed by atoms with van der Waals surface area (Å²) in [7, 11) is 0. The number of para-hydroxylation sites is 6. The molecule has 0 aliphatic rings. The third-order valence-corrected chi connectivity index (χ3v) is 23.4. The number of fused-ring (bicyclic) bond motifs is 18. The number of aromatic nitrogens is 4. The molecule has 22 aromatic rings. The second-order valence-electron chi connectivity index (χ2n) is 26.7. The van der Waals surface area contributed by atoms with Gasteiger partial charge in [0.15, 0.2) is 0 Å². The smallest absolute Gasteiger partial charge is 0.0547 e. The molecule has 0 atom stereocenters. The average Bonchev–Trinajstić information content (AvgIpc) is 1.61. The van der Waals surface area contributed by atoms with Crippen LogP contribution in [0.25, 0.3) is 195 Å². The van der Waals surface area contributed by atoms with E-state index in [2.05, 4.69) is 382 Å². The first-order chi connectivity index (χ1) is 50.6. The van der Waals surface area contributed by atoms with Gasteiger partial charge in [0.2, 0.25) is 0 Å². The normalized spacial score (nSPS) is 11.9. The van der Waals surface area contributed by atoms with Crippen molar-refractivity contribution in [2.45, 2.75) is 0 Å². The number of hydrogen-bond acceptors (Lipinski definition) is 2. The Morgan fingerprint density at radius 2 is 0.471 bits per heavy atom. The van der Waals surface area contributed by atoms with Crippen molar-refractivity contribution in [3.8, 4) is 67.3 Å². The van der Waals surface area contributed by atoms with E-state index in [1.165, 1.54) is 183 Å². The van der Waals surface area contributed by atoms with Crippen molar-refractivity contribution in [2.75, 3.05) is 0 Å². The van der Waals surface area contributed by atoms with Gasteiger partial charge in [-0.1, -0.05) is 237 Å². The van der Waals surface area contributed by atoms with Gasteiger partial charge in [-0.05, 0) is 172 Å². The van der Waals surface area contributed by atoms with Crippen LogP contribution in [0.4, 0.5) is 0 Å². The molecule has 6 heterocycles. The Bertz CT molecular complexity index is 7100. The van der Waals surface area contributed by atoms with Crippen LogP contribution in [0.15, 0.2) is 364 Å². The highest BCUT2D eigenvalue weighted by atomic mass is 32.1. The number of benzene rings is 16. The van der Waals surface area contributed by atoms with Crippen molar-refractivity contribution < 1.29 is 0 Å². The van der Waals surface area contributed by atoms with E-state index in [0.717, 1.165) is 11.4 Å². The van der Waals surface area contributed by atoms with Crippen LogP contribution in [0.1, 0.15) is 0 Å². The first-order valence-corrected chi connectivity index (χ1v) is 36.5. The number of rotatable bonds is 8. The maximum absolute atomic E-state index is 2.43. The van der Waals surface area contributed by atoms with E-state index >= 15 is 0 Å². The summed E-state index contributed by atoms with van der Waals surface area (Å²) in [6, 6.07) is 133. The summed E-state index contributed by atoms with van der Waals surface area (Å²) in [5.41, 5.74) is 24.2. The van der Waals surface area contributed by atoms with Crippen LogP contribution in [0.5, 0.6) is 0 Å². The fourth-order valence-corrected chi connectivity index (χ4v) is 18.7. The van der Waals surface area contributed by atoms with Crippen molar-refractivity contribution in [1.82, 2.24) is 18.3 Å². The predicted molar refractivity (Wildman–Crippen MR) is 438 cm³/mol. The molecule has 0 unspecified atom stereocenters. The molecule has 102 heavy (non-hydrogen) atoms. The Balaban J connectivity index is 0.000000133. The third-order valence-electron chi connectivity index (χ3n) is 21.1. The van der Waals surface area contributed by atoms with E-state index in [1.807, 2.05) is 22.7 Å². The Morgan fingerprint density at radius 3 is 0.971 bits per heavy atom. The lowest BCUT2D eigenvalue weighted by molar-refractivity contribution is 1.18. The Morgan fingerprint density at radius 1 is 0.157 bits per heavy atom. The van der Waals surface area contributed by atoms with Crippen molar-refractivity contribution in [1.29, 1.82) is 0 Å². The van der Waals surface area contributed by atoms with Crippen LogP contribution in [0, 0.1) is 0 Å². The van der Waals surface area contributed by atoms with Gasteiger partial charge in [0.25, 0.3) is 0 Å². The maximum atomic E-state index is 2.43. The van der Waals surface area contributed by atoms with Crippen molar-refractivity contribution >= 4 is 150 Å². The van der Waals surface area contributed by atoms with E-state index < -0.39 is 0 Å². The molecular formula is C96H60N4S2. The molecule has 16 aromatic carbocycles. The summed E-state index contributed by atoms with van der Waals surface area (Å²) < 4.78 is 14.9.